The average molecular weight is 267 g/mol. The number of nitrogens with zero attached hydrogens (tertiary/aromatic N) is 1. The van der Waals surface area contributed by atoms with Gasteiger partial charge in [0.15, 0.2) is 0 Å². The van der Waals surface area contributed by atoms with Crippen LogP contribution in [-0.2, 0) is 5.41 Å². The zero-order chi connectivity index (χ0) is 12.6. The number of halogens is 1. The predicted molar refractivity (Wildman–Crippen MR) is 75.7 cm³/mol. The van der Waals surface area contributed by atoms with Gasteiger partial charge >= 0.3 is 0 Å². The van der Waals surface area contributed by atoms with Crippen LogP contribution in [0.5, 0.6) is 0 Å². The van der Waals surface area contributed by atoms with Crippen molar-refractivity contribution in [3.05, 3.63) is 34.3 Å². The minimum Gasteiger partial charge on any atom is -0.389 e. The third-order valence-corrected chi connectivity index (χ3v) is 3.97. The summed E-state index contributed by atoms with van der Waals surface area (Å²) < 4.78 is 0. The Labute approximate surface area is 110 Å². The minimum absolute atomic E-state index is 0.0312. The quantitative estimate of drug-likeness (QED) is 0.834. The van der Waals surface area contributed by atoms with Crippen LogP contribution in [0.4, 0.5) is 5.00 Å². The van der Waals surface area contributed by atoms with Crippen LogP contribution in [0, 0.1) is 0 Å². The molecule has 1 aromatic heterocycles. The first-order valence-electron chi connectivity index (χ1n) is 5.40. The lowest BCUT2D eigenvalue weighted by Gasteiger charge is -2.13. The molecule has 2 rings (SSSR count). The van der Waals surface area contributed by atoms with Gasteiger partial charge in [-0.3, -0.25) is 0 Å². The van der Waals surface area contributed by atoms with E-state index in [4.69, 9.17) is 17.3 Å². The number of hydrogen-bond acceptors (Lipinski definition) is 3. The Hall–Kier alpha value is -1.06. The first-order valence-corrected chi connectivity index (χ1v) is 6.60. The molecular formula is C13H15ClN2S. The monoisotopic (exact) mass is 266 g/mol. The predicted octanol–water partition coefficient (Wildman–Crippen LogP) is 4.34. The van der Waals surface area contributed by atoms with Crippen molar-refractivity contribution in [2.75, 3.05) is 5.73 Å². The van der Waals surface area contributed by atoms with E-state index in [1.165, 1.54) is 0 Å². The molecule has 1 aromatic carbocycles. The van der Waals surface area contributed by atoms with Gasteiger partial charge in [-0.15, -0.1) is 11.3 Å². The molecule has 0 atom stereocenters. The van der Waals surface area contributed by atoms with E-state index in [2.05, 4.69) is 25.8 Å². The first kappa shape index (κ1) is 12.4. The molecule has 17 heavy (non-hydrogen) atoms. The van der Waals surface area contributed by atoms with E-state index in [9.17, 15) is 0 Å². The molecule has 0 aliphatic carbocycles. The fraction of sp³-hybridized carbons (Fsp3) is 0.308. The van der Waals surface area contributed by atoms with Crippen LogP contribution in [0.1, 0.15) is 25.8 Å². The third-order valence-electron chi connectivity index (χ3n) is 2.41. The molecule has 0 bridgehead atoms. The van der Waals surface area contributed by atoms with Gasteiger partial charge in [0.2, 0.25) is 0 Å². The number of nitrogen functional groups attached to an aromatic ring is 1. The van der Waals surface area contributed by atoms with Crippen molar-refractivity contribution in [3.63, 3.8) is 0 Å². The van der Waals surface area contributed by atoms with Gasteiger partial charge in [-0.1, -0.05) is 44.5 Å². The van der Waals surface area contributed by atoms with Crippen molar-refractivity contribution in [3.8, 4) is 11.3 Å². The number of anilines is 1. The number of rotatable bonds is 1. The summed E-state index contributed by atoms with van der Waals surface area (Å²) >= 11 is 7.42. The molecule has 0 unspecified atom stereocenters. The van der Waals surface area contributed by atoms with E-state index in [0.29, 0.717) is 0 Å². The average Bonchev–Trinajstić information content (AvgIpc) is 2.61. The summed E-state index contributed by atoms with van der Waals surface area (Å²) in [5, 5.41) is 2.54. The van der Waals surface area contributed by atoms with Gasteiger partial charge in [-0.25, -0.2) is 4.98 Å². The molecular weight excluding hydrogens is 252 g/mol. The van der Waals surface area contributed by atoms with Crippen LogP contribution < -0.4 is 5.73 Å². The zero-order valence-electron chi connectivity index (χ0n) is 10.1. The molecule has 2 aromatic rings. The van der Waals surface area contributed by atoms with E-state index in [1.807, 2.05) is 24.3 Å². The van der Waals surface area contributed by atoms with Gasteiger partial charge in [-0.2, -0.15) is 0 Å². The van der Waals surface area contributed by atoms with Crippen molar-refractivity contribution in [1.82, 2.24) is 4.98 Å². The van der Waals surface area contributed by atoms with Crippen molar-refractivity contribution in [2.45, 2.75) is 26.2 Å². The van der Waals surface area contributed by atoms with Gasteiger partial charge in [-0.05, 0) is 12.1 Å². The van der Waals surface area contributed by atoms with E-state index in [0.717, 1.165) is 26.3 Å². The molecule has 90 valence electrons. The van der Waals surface area contributed by atoms with E-state index >= 15 is 0 Å². The normalized spacial score (nSPS) is 11.8. The van der Waals surface area contributed by atoms with Crippen molar-refractivity contribution >= 4 is 27.9 Å². The maximum atomic E-state index is 6.03. The molecule has 0 aliphatic rings. The number of hydrogen-bond donors (Lipinski definition) is 1. The molecule has 4 heteroatoms. The molecule has 2 N–H and O–H groups in total. The smallest absolute Gasteiger partial charge is 0.114 e. The number of aromatic nitrogens is 1. The van der Waals surface area contributed by atoms with Gasteiger partial charge in [0, 0.05) is 16.0 Å². The maximum absolute atomic E-state index is 6.03. The summed E-state index contributed by atoms with van der Waals surface area (Å²) in [6.07, 6.45) is 0. The Kier molecular flexibility index (Phi) is 3.15. The Morgan fingerprint density at radius 2 is 1.76 bits per heavy atom. The lowest BCUT2D eigenvalue weighted by Crippen LogP contribution is -2.10. The molecule has 0 saturated heterocycles. The highest BCUT2D eigenvalue weighted by molar-refractivity contribution is 7.16. The largest absolute Gasteiger partial charge is 0.389 e. The highest BCUT2D eigenvalue weighted by Gasteiger charge is 2.21. The van der Waals surface area contributed by atoms with Gasteiger partial charge in [0.1, 0.15) is 15.7 Å². The van der Waals surface area contributed by atoms with Crippen LogP contribution in [0.3, 0.4) is 0 Å². The zero-order valence-corrected chi connectivity index (χ0v) is 11.7. The summed E-state index contributed by atoms with van der Waals surface area (Å²) in [5.41, 5.74) is 7.93. The van der Waals surface area contributed by atoms with Gasteiger partial charge in [0.05, 0.1) is 0 Å². The van der Waals surface area contributed by atoms with E-state index in [-0.39, 0.29) is 5.41 Å². The summed E-state index contributed by atoms with van der Waals surface area (Å²) in [6.45, 7) is 6.41. The Balaban J connectivity index is 2.46. The molecule has 0 saturated carbocycles. The topological polar surface area (TPSA) is 38.9 Å². The number of nitrogens with two attached hydrogens (primary N) is 1. The molecule has 0 radical (unpaired) electrons. The second kappa shape index (κ2) is 4.31. The van der Waals surface area contributed by atoms with Crippen molar-refractivity contribution in [1.29, 1.82) is 0 Å². The summed E-state index contributed by atoms with van der Waals surface area (Å²) in [5.74, 6) is 0. The minimum atomic E-state index is 0.0312. The summed E-state index contributed by atoms with van der Waals surface area (Å²) in [4.78, 5) is 4.63. The van der Waals surface area contributed by atoms with Gasteiger partial charge < -0.3 is 5.73 Å². The lowest BCUT2D eigenvalue weighted by atomic mass is 9.98. The van der Waals surface area contributed by atoms with Crippen molar-refractivity contribution < 1.29 is 0 Å². The molecule has 0 aliphatic heterocycles. The second-order valence-corrected chi connectivity index (χ2v) is 6.46. The van der Waals surface area contributed by atoms with Crippen LogP contribution in [0.15, 0.2) is 24.3 Å². The van der Waals surface area contributed by atoms with E-state index in [1.54, 1.807) is 11.3 Å². The van der Waals surface area contributed by atoms with Crippen molar-refractivity contribution in [2.24, 2.45) is 0 Å². The van der Waals surface area contributed by atoms with E-state index < -0.39 is 0 Å². The highest BCUT2D eigenvalue weighted by atomic mass is 35.5. The fourth-order valence-corrected chi connectivity index (χ4v) is 2.50. The fourth-order valence-electron chi connectivity index (χ4n) is 1.47. The number of thiazole rings is 1. The Bertz CT molecular complexity index is 523. The SMILES string of the molecule is CC(C)(C)c1nc(-c2ccc(Cl)cc2)c(N)s1. The maximum Gasteiger partial charge on any atom is 0.114 e. The molecule has 2 nitrogen and oxygen atoms in total. The number of benzene rings is 1. The first-order chi connectivity index (χ1) is 7.88. The van der Waals surface area contributed by atoms with Crippen LogP contribution >= 0.6 is 22.9 Å². The third kappa shape index (κ3) is 2.61. The molecule has 0 amide bonds. The lowest BCUT2D eigenvalue weighted by molar-refractivity contribution is 0.586. The molecule has 1 heterocycles. The summed E-state index contributed by atoms with van der Waals surface area (Å²) in [7, 11) is 0. The van der Waals surface area contributed by atoms with Crippen LogP contribution in [0.2, 0.25) is 5.02 Å². The van der Waals surface area contributed by atoms with Gasteiger partial charge in [0.25, 0.3) is 0 Å². The second-order valence-electron chi connectivity index (χ2n) is 4.99. The highest BCUT2D eigenvalue weighted by Crippen LogP contribution is 2.36. The summed E-state index contributed by atoms with van der Waals surface area (Å²) in [6, 6.07) is 7.60. The molecule has 0 fully saturated rings. The molecule has 0 spiro atoms. The standard InChI is InChI=1S/C13H15ClN2S/c1-13(2,3)12-16-10(11(15)17-12)8-4-6-9(14)7-5-8/h4-7H,15H2,1-3H3. The van der Waals surface area contributed by atoms with Crippen LogP contribution in [-0.4, -0.2) is 4.98 Å². The Morgan fingerprint density at radius 3 is 2.24 bits per heavy atom. The van der Waals surface area contributed by atoms with Crippen LogP contribution in [0.25, 0.3) is 11.3 Å². The Morgan fingerprint density at radius 1 is 1.18 bits per heavy atom.